The van der Waals surface area contributed by atoms with Crippen molar-refractivity contribution in [2.24, 2.45) is 15.7 Å². The molecule has 1 atom stereocenters. The predicted molar refractivity (Wildman–Crippen MR) is 34.6 cm³/mol. The van der Waals surface area contributed by atoms with Gasteiger partial charge in [0.2, 0.25) is 0 Å². The van der Waals surface area contributed by atoms with Crippen molar-refractivity contribution in [1.82, 2.24) is 0 Å². The zero-order chi connectivity index (χ0) is 6.85. The second-order valence-corrected chi connectivity index (χ2v) is 1.81. The van der Waals surface area contributed by atoms with Crippen LogP contribution < -0.4 is 5.73 Å². The quantitative estimate of drug-likeness (QED) is 0.467. The zero-order valence-corrected chi connectivity index (χ0v) is 5.03. The van der Waals surface area contributed by atoms with Gasteiger partial charge >= 0.3 is 0 Å². The van der Waals surface area contributed by atoms with Gasteiger partial charge in [-0.1, -0.05) is 0 Å². The molecule has 0 radical (unpaired) electrons. The van der Waals surface area contributed by atoms with Crippen LogP contribution in [0.15, 0.2) is 9.98 Å². The summed E-state index contributed by atoms with van der Waals surface area (Å²) >= 11 is 0. The predicted octanol–water partition coefficient (Wildman–Crippen LogP) is -0.657. The van der Waals surface area contributed by atoms with Gasteiger partial charge in [-0.05, 0) is 6.92 Å². The third kappa shape index (κ3) is 1.20. The fourth-order valence-corrected chi connectivity index (χ4v) is 0.521. The van der Waals surface area contributed by atoms with E-state index in [4.69, 9.17) is 5.73 Å². The highest BCUT2D eigenvalue weighted by atomic mass is 16.2. The van der Waals surface area contributed by atoms with Crippen molar-refractivity contribution in [1.29, 1.82) is 0 Å². The van der Waals surface area contributed by atoms with Gasteiger partial charge in [-0.15, -0.1) is 0 Å². The average Bonchev–Trinajstić information content (AvgIpc) is 1.80. The Hall–Kier alpha value is -1.03. The third-order valence-electron chi connectivity index (χ3n) is 0.962. The lowest BCUT2D eigenvalue weighted by Gasteiger charge is -2.04. The summed E-state index contributed by atoms with van der Waals surface area (Å²) in [4.78, 5) is 17.8. The van der Waals surface area contributed by atoms with Crippen LogP contribution in [-0.2, 0) is 4.79 Å². The molecule has 0 spiro atoms. The Kier molecular flexibility index (Phi) is 1.40. The lowest BCUT2D eigenvalue weighted by atomic mass is 10.4. The van der Waals surface area contributed by atoms with E-state index in [9.17, 15) is 4.79 Å². The normalized spacial score (nSPS) is 26.2. The average molecular weight is 125 g/mol. The molecule has 48 valence electrons. The Morgan fingerprint density at radius 1 is 1.78 bits per heavy atom. The van der Waals surface area contributed by atoms with Gasteiger partial charge in [0.15, 0.2) is 6.17 Å². The molecule has 1 aliphatic heterocycles. The molecular formula is C5H7N3O. The van der Waals surface area contributed by atoms with Gasteiger partial charge in [-0.3, -0.25) is 9.79 Å². The fraction of sp³-hybridized carbons (Fsp3) is 0.400. The second-order valence-electron chi connectivity index (χ2n) is 1.81. The number of nitrogens with two attached hydrogens (primary N) is 1. The molecule has 4 heteroatoms. The van der Waals surface area contributed by atoms with Crippen LogP contribution >= 0.6 is 0 Å². The van der Waals surface area contributed by atoms with E-state index in [-0.39, 0.29) is 5.91 Å². The molecule has 4 nitrogen and oxygen atoms in total. The molecule has 9 heavy (non-hydrogen) atoms. The van der Waals surface area contributed by atoms with Gasteiger partial charge in [0.05, 0.1) is 5.71 Å². The molecule has 0 fully saturated rings. The highest BCUT2D eigenvalue weighted by Gasteiger charge is 2.12. The minimum Gasteiger partial charge on any atom is -0.302 e. The maximum Gasteiger partial charge on any atom is 0.285 e. The standard InChI is InChI=1S/C5H7N3O/c1-3-2-7-4(6)5(9)8-3/h2,4H,6H2,1H3. The molecule has 1 aliphatic rings. The molecule has 0 aromatic heterocycles. The SMILES string of the molecule is CC1=NC(=O)C(N)N=C1. The van der Waals surface area contributed by atoms with Gasteiger partial charge in [0.1, 0.15) is 0 Å². The van der Waals surface area contributed by atoms with Crippen molar-refractivity contribution in [3.63, 3.8) is 0 Å². The number of hydrogen-bond donors (Lipinski definition) is 1. The Balaban J connectivity index is 2.82. The molecule has 0 saturated heterocycles. The summed E-state index contributed by atoms with van der Waals surface area (Å²) in [6.45, 7) is 1.70. The summed E-state index contributed by atoms with van der Waals surface area (Å²) in [5, 5.41) is 0. The van der Waals surface area contributed by atoms with Crippen molar-refractivity contribution in [2.45, 2.75) is 13.1 Å². The zero-order valence-electron chi connectivity index (χ0n) is 5.03. The molecular weight excluding hydrogens is 118 g/mol. The molecule has 1 heterocycles. The van der Waals surface area contributed by atoms with Crippen LogP contribution in [-0.4, -0.2) is 24.0 Å². The Bertz CT molecular complexity index is 194. The molecule has 2 N–H and O–H groups in total. The number of carbonyl (C=O) groups is 1. The number of carbonyl (C=O) groups excluding carboxylic acids is 1. The van der Waals surface area contributed by atoms with Crippen LogP contribution in [0.25, 0.3) is 0 Å². The van der Waals surface area contributed by atoms with Crippen molar-refractivity contribution in [3.8, 4) is 0 Å². The minimum atomic E-state index is -0.770. The van der Waals surface area contributed by atoms with Crippen LogP contribution in [0.4, 0.5) is 0 Å². The van der Waals surface area contributed by atoms with Crippen molar-refractivity contribution >= 4 is 17.8 Å². The van der Waals surface area contributed by atoms with E-state index in [1.807, 2.05) is 0 Å². The number of aliphatic imine (C=N–C) groups is 2. The monoisotopic (exact) mass is 125 g/mol. The lowest BCUT2D eigenvalue weighted by Crippen LogP contribution is -2.30. The molecule has 0 saturated carbocycles. The summed E-state index contributed by atoms with van der Waals surface area (Å²) in [6, 6.07) is 0. The molecule has 0 aliphatic carbocycles. The van der Waals surface area contributed by atoms with Gasteiger partial charge in [-0.25, -0.2) is 4.99 Å². The summed E-state index contributed by atoms with van der Waals surface area (Å²) in [6.07, 6.45) is 0.722. The summed E-state index contributed by atoms with van der Waals surface area (Å²) < 4.78 is 0. The van der Waals surface area contributed by atoms with Crippen LogP contribution in [0.5, 0.6) is 0 Å². The van der Waals surface area contributed by atoms with Gasteiger partial charge in [0, 0.05) is 6.21 Å². The first kappa shape index (κ1) is 6.10. The summed E-state index contributed by atoms with van der Waals surface area (Å²) in [7, 11) is 0. The van der Waals surface area contributed by atoms with Crippen molar-refractivity contribution in [2.75, 3.05) is 0 Å². The summed E-state index contributed by atoms with van der Waals surface area (Å²) in [5.41, 5.74) is 5.80. The smallest absolute Gasteiger partial charge is 0.285 e. The van der Waals surface area contributed by atoms with Gasteiger partial charge in [0.25, 0.3) is 5.91 Å². The molecule has 0 aromatic carbocycles. The van der Waals surface area contributed by atoms with Crippen LogP contribution in [0, 0.1) is 0 Å². The highest BCUT2D eigenvalue weighted by molar-refractivity contribution is 6.33. The largest absolute Gasteiger partial charge is 0.302 e. The first-order chi connectivity index (χ1) is 4.20. The number of hydrogen-bond acceptors (Lipinski definition) is 3. The van der Waals surface area contributed by atoms with E-state index in [0.29, 0.717) is 5.71 Å². The highest BCUT2D eigenvalue weighted by Crippen LogP contribution is 1.92. The van der Waals surface area contributed by atoms with E-state index >= 15 is 0 Å². The van der Waals surface area contributed by atoms with E-state index in [1.165, 1.54) is 6.21 Å². The maximum absolute atomic E-state index is 10.6. The number of amides is 1. The third-order valence-corrected chi connectivity index (χ3v) is 0.962. The number of rotatable bonds is 0. The fourth-order valence-electron chi connectivity index (χ4n) is 0.521. The second kappa shape index (κ2) is 2.06. The Morgan fingerprint density at radius 2 is 2.44 bits per heavy atom. The molecule has 0 bridgehead atoms. The molecule has 1 rings (SSSR count). The van der Waals surface area contributed by atoms with Crippen LogP contribution in [0.2, 0.25) is 0 Å². The van der Waals surface area contributed by atoms with Gasteiger partial charge < -0.3 is 5.73 Å². The van der Waals surface area contributed by atoms with Crippen molar-refractivity contribution in [3.05, 3.63) is 0 Å². The molecule has 1 amide bonds. The molecule has 0 aromatic rings. The van der Waals surface area contributed by atoms with Crippen molar-refractivity contribution < 1.29 is 4.79 Å². The topological polar surface area (TPSA) is 67.8 Å². The van der Waals surface area contributed by atoms with Crippen LogP contribution in [0.3, 0.4) is 0 Å². The molecule has 1 unspecified atom stereocenters. The van der Waals surface area contributed by atoms with Gasteiger partial charge in [-0.2, -0.15) is 0 Å². The first-order valence-corrected chi connectivity index (χ1v) is 2.58. The first-order valence-electron chi connectivity index (χ1n) is 2.58. The Labute approximate surface area is 52.5 Å². The van der Waals surface area contributed by atoms with E-state index in [2.05, 4.69) is 9.98 Å². The lowest BCUT2D eigenvalue weighted by molar-refractivity contribution is -0.118. The maximum atomic E-state index is 10.6. The Morgan fingerprint density at radius 3 is 2.89 bits per heavy atom. The van der Waals surface area contributed by atoms with Crippen LogP contribution in [0.1, 0.15) is 6.92 Å². The summed E-state index contributed by atoms with van der Waals surface area (Å²) in [5.74, 6) is -0.366. The van der Waals surface area contributed by atoms with E-state index in [0.717, 1.165) is 0 Å². The number of nitrogens with zero attached hydrogens (tertiary/aromatic N) is 2. The minimum absolute atomic E-state index is 0.366. The van der Waals surface area contributed by atoms with E-state index < -0.39 is 6.17 Å². The van der Waals surface area contributed by atoms with E-state index in [1.54, 1.807) is 6.92 Å².